The Balaban J connectivity index is 2.60. The van der Waals surface area contributed by atoms with Crippen LogP contribution in [0.2, 0.25) is 0 Å². The molecule has 0 radical (unpaired) electrons. The molecule has 7 heteroatoms. The Morgan fingerprint density at radius 2 is 2.17 bits per heavy atom. The molecule has 0 amide bonds. The Morgan fingerprint density at radius 3 is 2.67 bits per heavy atom. The van der Waals surface area contributed by atoms with E-state index in [1.807, 2.05) is 0 Å². The third kappa shape index (κ3) is 4.91. The van der Waals surface area contributed by atoms with E-state index in [1.54, 1.807) is 13.8 Å². The van der Waals surface area contributed by atoms with E-state index in [4.69, 9.17) is 9.84 Å². The highest BCUT2D eigenvalue weighted by Gasteiger charge is 2.33. The van der Waals surface area contributed by atoms with Crippen molar-refractivity contribution in [2.45, 2.75) is 50.3 Å². The largest absolute Gasteiger partial charge is 0.481 e. The standard InChI is InChI=1S/C11H21NO5S/c1-11(2,6-5-10(13)14)12-18(15,16)9-4-3-7-17-8-9/h9,12H,3-8H2,1-2H3,(H,13,14). The van der Waals surface area contributed by atoms with Gasteiger partial charge in [0.15, 0.2) is 0 Å². The van der Waals surface area contributed by atoms with E-state index in [1.165, 1.54) is 0 Å². The molecule has 0 aliphatic carbocycles. The lowest BCUT2D eigenvalue weighted by Crippen LogP contribution is -2.49. The topological polar surface area (TPSA) is 92.7 Å². The highest BCUT2D eigenvalue weighted by Crippen LogP contribution is 2.19. The first-order valence-corrected chi connectivity index (χ1v) is 7.60. The van der Waals surface area contributed by atoms with Crippen LogP contribution in [-0.4, -0.2) is 43.5 Å². The van der Waals surface area contributed by atoms with Crippen molar-refractivity contribution in [3.8, 4) is 0 Å². The molecule has 0 aromatic heterocycles. The number of rotatable bonds is 6. The van der Waals surface area contributed by atoms with Gasteiger partial charge in [-0.05, 0) is 33.1 Å². The van der Waals surface area contributed by atoms with Gasteiger partial charge in [-0.25, -0.2) is 13.1 Å². The number of nitrogens with one attached hydrogen (secondary N) is 1. The van der Waals surface area contributed by atoms with Crippen LogP contribution in [0.4, 0.5) is 0 Å². The Labute approximate surface area is 108 Å². The predicted octanol–water partition coefficient (Wildman–Crippen LogP) is 0.728. The lowest BCUT2D eigenvalue weighted by molar-refractivity contribution is -0.137. The summed E-state index contributed by atoms with van der Waals surface area (Å²) >= 11 is 0. The Kier molecular flexibility index (Phi) is 5.12. The van der Waals surface area contributed by atoms with Gasteiger partial charge in [-0.1, -0.05) is 0 Å². The van der Waals surface area contributed by atoms with Crippen molar-refractivity contribution >= 4 is 16.0 Å². The molecule has 0 spiro atoms. The van der Waals surface area contributed by atoms with E-state index in [0.717, 1.165) is 6.42 Å². The molecule has 6 nitrogen and oxygen atoms in total. The maximum absolute atomic E-state index is 12.1. The van der Waals surface area contributed by atoms with E-state index < -0.39 is 26.8 Å². The van der Waals surface area contributed by atoms with Crippen LogP contribution in [0.25, 0.3) is 0 Å². The number of carboxylic acids is 1. The molecule has 106 valence electrons. The predicted molar refractivity (Wildman–Crippen MR) is 66.8 cm³/mol. The monoisotopic (exact) mass is 279 g/mol. The minimum absolute atomic E-state index is 0.0588. The zero-order valence-corrected chi connectivity index (χ0v) is 11.6. The molecule has 1 atom stereocenters. The fraction of sp³-hybridized carbons (Fsp3) is 0.909. The molecule has 1 fully saturated rings. The van der Waals surface area contributed by atoms with Crippen molar-refractivity contribution in [1.29, 1.82) is 0 Å². The van der Waals surface area contributed by atoms with Crippen LogP contribution in [0.1, 0.15) is 39.5 Å². The summed E-state index contributed by atoms with van der Waals surface area (Å²) in [4.78, 5) is 10.5. The minimum atomic E-state index is -3.46. The van der Waals surface area contributed by atoms with Gasteiger partial charge in [-0.3, -0.25) is 4.79 Å². The molecule has 1 saturated heterocycles. The van der Waals surface area contributed by atoms with Crippen LogP contribution in [0.3, 0.4) is 0 Å². The van der Waals surface area contributed by atoms with E-state index in [0.29, 0.717) is 13.0 Å². The third-order valence-corrected chi connectivity index (χ3v) is 5.03. The molecule has 1 unspecified atom stereocenters. The van der Waals surface area contributed by atoms with Crippen molar-refractivity contribution < 1.29 is 23.1 Å². The Bertz CT molecular complexity index is 384. The van der Waals surface area contributed by atoms with Gasteiger partial charge in [-0.15, -0.1) is 0 Å². The number of hydrogen-bond acceptors (Lipinski definition) is 4. The van der Waals surface area contributed by atoms with Gasteiger partial charge in [0, 0.05) is 18.6 Å². The lowest BCUT2D eigenvalue weighted by Gasteiger charge is -2.30. The summed E-state index contributed by atoms with van der Waals surface area (Å²) in [6.07, 6.45) is 1.53. The van der Waals surface area contributed by atoms with Crippen molar-refractivity contribution in [1.82, 2.24) is 4.72 Å². The first-order valence-electron chi connectivity index (χ1n) is 6.05. The van der Waals surface area contributed by atoms with Gasteiger partial charge in [0.1, 0.15) is 0 Å². The molecule has 1 aliphatic heterocycles. The molecule has 1 heterocycles. The second-order valence-electron chi connectivity index (χ2n) is 5.26. The number of ether oxygens (including phenoxy) is 1. The maximum Gasteiger partial charge on any atom is 0.303 e. The number of sulfonamides is 1. The molecule has 0 aromatic rings. The second-order valence-corrected chi connectivity index (χ2v) is 7.22. The zero-order chi connectivity index (χ0) is 13.8. The average molecular weight is 279 g/mol. The summed E-state index contributed by atoms with van der Waals surface area (Å²) in [6.45, 7) is 4.20. The quantitative estimate of drug-likeness (QED) is 0.747. The summed E-state index contributed by atoms with van der Waals surface area (Å²) in [5, 5.41) is 8.09. The van der Waals surface area contributed by atoms with Crippen molar-refractivity contribution in [3.63, 3.8) is 0 Å². The molecule has 1 rings (SSSR count). The zero-order valence-electron chi connectivity index (χ0n) is 10.8. The Morgan fingerprint density at radius 1 is 1.50 bits per heavy atom. The van der Waals surface area contributed by atoms with Gasteiger partial charge in [0.05, 0.1) is 11.9 Å². The molecular formula is C11H21NO5S. The summed E-state index contributed by atoms with van der Waals surface area (Å²) < 4.78 is 32.0. The number of hydrogen-bond donors (Lipinski definition) is 2. The first kappa shape index (κ1) is 15.4. The van der Waals surface area contributed by atoms with E-state index in [9.17, 15) is 13.2 Å². The smallest absolute Gasteiger partial charge is 0.303 e. The van der Waals surface area contributed by atoms with E-state index in [2.05, 4.69) is 4.72 Å². The summed E-state index contributed by atoms with van der Waals surface area (Å²) in [6, 6.07) is 0. The number of carboxylic acid groups (broad SMARTS) is 1. The molecule has 0 saturated carbocycles. The van der Waals surface area contributed by atoms with E-state index in [-0.39, 0.29) is 19.4 Å². The van der Waals surface area contributed by atoms with Gasteiger partial charge in [-0.2, -0.15) is 0 Å². The van der Waals surface area contributed by atoms with Crippen molar-refractivity contribution in [2.24, 2.45) is 0 Å². The van der Waals surface area contributed by atoms with Gasteiger partial charge in [0.25, 0.3) is 0 Å². The number of carbonyl (C=O) groups is 1. The molecule has 0 aromatic carbocycles. The highest BCUT2D eigenvalue weighted by atomic mass is 32.2. The average Bonchev–Trinajstić information content (AvgIpc) is 2.26. The summed E-state index contributed by atoms with van der Waals surface area (Å²) in [7, 11) is -3.46. The van der Waals surface area contributed by atoms with Crippen LogP contribution in [-0.2, 0) is 19.6 Å². The van der Waals surface area contributed by atoms with Crippen LogP contribution in [0, 0.1) is 0 Å². The second kappa shape index (κ2) is 5.99. The van der Waals surface area contributed by atoms with E-state index >= 15 is 0 Å². The molecule has 18 heavy (non-hydrogen) atoms. The normalized spacial score (nSPS) is 21.8. The highest BCUT2D eigenvalue weighted by molar-refractivity contribution is 7.90. The van der Waals surface area contributed by atoms with Gasteiger partial charge >= 0.3 is 5.97 Å². The minimum Gasteiger partial charge on any atom is -0.481 e. The van der Waals surface area contributed by atoms with Crippen molar-refractivity contribution in [3.05, 3.63) is 0 Å². The first-order chi connectivity index (χ1) is 8.23. The SMILES string of the molecule is CC(C)(CCC(=O)O)NS(=O)(=O)C1CCCOC1. The fourth-order valence-corrected chi connectivity index (χ4v) is 3.69. The van der Waals surface area contributed by atoms with Crippen LogP contribution < -0.4 is 4.72 Å². The lowest BCUT2D eigenvalue weighted by atomic mass is 10.0. The molecular weight excluding hydrogens is 258 g/mol. The van der Waals surface area contributed by atoms with Crippen LogP contribution in [0.5, 0.6) is 0 Å². The molecule has 1 aliphatic rings. The summed E-state index contributed by atoms with van der Waals surface area (Å²) in [5.74, 6) is -0.928. The summed E-state index contributed by atoms with van der Waals surface area (Å²) in [5.41, 5.74) is -0.755. The maximum atomic E-state index is 12.1. The number of aliphatic carboxylic acids is 1. The van der Waals surface area contributed by atoms with Gasteiger partial charge in [0.2, 0.25) is 10.0 Å². The van der Waals surface area contributed by atoms with Crippen LogP contribution >= 0.6 is 0 Å². The fourth-order valence-electron chi connectivity index (χ4n) is 1.89. The van der Waals surface area contributed by atoms with Gasteiger partial charge < -0.3 is 9.84 Å². The Hall–Kier alpha value is -0.660. The van der Waals surface area contributed by atoms with Crippen molar-refractivity contribution in [2.75, 3.05) is 13.2 Å². The third-order valence-electron chi connectivity index (χ3n) is 2.94. The molecule has 2 N–H and O–H groups in total. The molecule has 0 bridgehead atoms. The van der Waals surface area contributed by atoms with Crippen LogP contribution in [0.15, 0.2) is 0 Å².